The molecule has 0 bridgehead atoms. The number of hydrogen-bond donors (Lipinski definition) is 0. The lowest BCUT2D eigenvalue weighted by atomic mass is 10.1. The SMILES string of the molecule is O=C(c1cccc(Cl)c1)N1CCCN(c2nc(Cc3ccc(F)cc3)ns2)CC1. The number of benzene rings is 2. The summed E-state index contributed by atoms with van der Waals surface area (Å²) in [4.78, 5) is 21.5. The minimum absolute atomic E-state index is 0.00335. The summed E-state index contributed by atoms with van der Waals surface area (Å²) in [5.41, 5.74) is 1.59. The average molecular weight is 431 g/mol. The minimum Gasteiger partial charge on any atom is -0.345 e. The molecule has 0 aliphatic carbocycles. The topological polar surface area (TPSA) is 49.3 Å². The Hall–Kier alpha value is -2.51. The fraction of sp³-hybridized carbons (Fsp3) is 0.286. The first kappa shape index (κ1) is 19.8. The van der Waals surface area contributed by atoms with E-state index < -0.39 is 0 Å². The molecule has 4 rings (SSSR count). The van der Waals surface area contributed by atoms with Gasteiger partial charge in [0.15, 0.2) is 0 Å². The zero-order chi connectivity index (χ0) is 20.2. The van der Waals surface area contributed by atoms with E-state index in [1.165, 1.54) is 23.7 Å². The number of anilines is 1. The number of nitrogens with zero attached hydrogens (tertiary/aromatic N) is 4. The molecule has 0 N–H and O–H groups in total. The molecule has 5 nitrogen and oxygen atoms in total. The number of hydrogen-bond acceptors (Lipinski definition) is 5. The van der Waals surface area contributed by atoms with Crippen molar-refractivity contribution in [1.82, 2.24) is 14.3 Å². The van der Waals surface area contributed by atoms with E-state index in [0.717, 1.165) is 29.5 Å². The van der Waals surface area contributed by atoms with Crippen molar-refractivity contribution in [1.29, 1.82) is 0 Å². The Labute approximate surface area is 177 Å². The van der Waals surface area contributed by atoms with E-state index in [2.05, 4.69) is 14.3 Å². The predicted molar refractivity (Wildman–Crippen MR) is 113 cm³/mol. The number of carbonyl (C=O) groups excluding carboxylic acids is 1. The summed E-state index contributed by atoms with van der Waals surface area (Å²) in [5.74, 6) is 0.485. The molecule has 0 atom stereocenters. The van der Waals surface area contributed by atoms with Gasteiger partial charge in [0.2, 0.25) is 5.13 Å². The van der Waals surface area contributed by atoms with E-state index in [0.29, 0.717) is 36.6 Å². The summed E-state index contributed by atoms with van der Waals surface area (Å²) in [6, 6.07) is 13.5. The number of carbonyl (C=O) groups is 1. The van der Waals surface area contributed by atoms with Crippen molar-refractivity contribution in [2.45, 2.75) is 12.8 Å². The van der Waals surface area contributed by atoms with Gasteiger partial charge in [-0.25, -0.2) is 9.37 Å². The molecule has 1 aliphatic rings. The summed E-state index contributed by atoms with van der Waals surface area (Å²) in [7, 11) is 0. The molecular weight excluding hydrogens is 411 g/mol. The summed E-state index contributed by atoms with van der Waals surface area (Å²) in [6.07, 6.45) is 1.43. The van der Waals surface area contributed by atoms with Crippen LogP contribution in [0.1, 0.15) is 28.2 Å². The quantitative estimate of drug-likeness (QED) is 0.620. The molecule has 29 heavy (non-hydrogen) atoms. The van der Waals surface area contributed by atoms with Crippen LogP contribution >= 0.6 is 23.1 Å². The van der Waals surface area contributed by atoms with Crippen molar-refractivity contribution in [2.75, 3.05) is 31.1 Å². The number of halogens is 2. The highest BCUT2D eigenvalue weighted by Crippen LogP contribution is 2.21. The van der Waals surface area contributed by atoms with Crippen LogP contribution in [0.4, 0.5) is 9.52 Å². The number of rotatable bonds is 4. The normalized spacial score (nSPS) is 14.7. The maximum Gasteiger partial charge on any atom is 0.253 e. The van der Waals surface area contributed by atoms with Crippen molar-refractivity contribution in [3.05, 3.63) is 76.3 Å². The molecule has 8 heteroatoms. The number of amides is 1. The molecule has 150 valence electrons. The number of aromatic nitrogens is 2. The highest BCUT2D eigenvalue weighted by molar-refractivity contribution is 7.09. The van der Waals surface area contributed by atoms with Crippen LogP contribution < -0.4 is 4.90 Å². The second-order valence-electron chi connectivity index (χ2n) is 6.94. The highest BCUT2D eigenvalue weighted by atomic mass is 35.5. The predicted octanol–water partition coefficient (Wildman–Crippen LogP) is 4.27. The smallest absolute Gasteiger partial charge is 0.253 e. The van der Waals surface area contributed by atoms with Crippen LogP contribution in [0.3, 0.4) is 0 Å². The van der Waals surface area contributed by atoms with Crippen molar-refractivity contribution >= 4 is 34.2 Å². The Morgan fingerprint density at radius 1 is 1.10 bits per heavy atom. The molecule has 0 saturated carbocycles. The van der Waals surface area contributed by atoms with E-state index in [-0.39, 0.29) is 11.7 Å². The Morgan fingerprint density at radius 3 is 2.72 bits per heavy atom. The molecule has 1 saturated heterocycles. The Balaban J connectivity index is 1.39. The molecular formula is C21H20ClFN4OS. The molecule has 1 aliphatic heterocycles. The lowest BCUT2D eigenvalue weighted by Crippen LogP contribution is -2.35. The molecule has 3 aromatic rings. The summed E-state index contributed by atoms with van der Waals surface area (Å²) < 4.78 is 17.5. The first-order valence-corrected chi connectivity index (χ1v) is 10.6. The Bertz CT molecular complexity index is 994. The van der Waals surface area contributed by atoms with Gasteiger partial charge in [0.05, 0.1) is 0 Å². The molecule has 1 amide bonds. The third-order valence-electron chi connectivity index (χ3n) is 4.86. The van der Waals surface area contributed by atoms with Crippen molar-refractivity contribution in [2.24, 2.45) is 0 Å². The summed E-state index contributed by atoms with van der Waals surface area (Å²) in [5, 5.41) is 1.43. The van der Waals surface area contributed by atoms with Gasteiger partial charge in [0.25, 0.3) is 5.91 Å². The molecule has 0 unspecified atom stereocenters. The van der Waals surface area contributed by atoms with Crippen molar-refractivity contribution in [3.8, 4) is 0 Å². The Morgan fingerprint density at radius 2 is 1.93 bits per heavy atom. The molecule has 1 fully saturated rings. The maximum atomic E-state index is 13.1. The van der Waals surface area contributed by atoms with Gasteiger partial charge in [-0.2, -0.15) is 4.37 Å². The van der Waals surface area contributed by atoms with Gasteiger partial charge < -0.3 is 9.80 Å². The van der Waals surface area contributed by atoms with Gasteiger partial charge in [-0.1, -0.05) is 29.8 Å². The maximum absolute atomic E-state index is 13.1. The molecule has 2 heterocycles. The van der Waals surface area contributed by atoms with Crippen LogP contribution in [-0.2, 0) is 6.42 Å². The van der Waals surface area contributed by atoms with Gasteiger partial charge in [-0.05, 0) is 42.3 Å². The van der Waals surface area contributed by atoms with Crippen molar-refractivity contribution < 1.29 is 9.18 Å². The first-order chi connectivity index (χ1) is 14.1. The monoisotopic (exact) mass is 430 g/mol. The van der Waals surface area contributed by atoms with Gasteiger partial charge in [-0.3, -0.25) is 4.79 Å². The second-order valence-corrected chi connectivity index (χ2v) is 8.11. The standard InChI is InChI=1S/C21H20ClFN4OS/c22-17-4-1-3-16(14-17)20(28)26-9-2-10-27(12-11-26)21-24-19(25-29-21)13-15-5-7-18(23)8-6-15/h1,3-8,14H,2,9-13H2. The molecule has 0 radical (unpaired) electrons. The third kappa shape index (κ3) is 4.92. The van der Waals surface area contributed by atoms with Crippen LogP contribution in [0.5, 0.6) is 0 Å². The lowest BCUT2D eigenvalue weighted by Gasteiger charge is -2.21. The first-order valence-electron chi connectivity index (χ1n) is 9.45. The second kappa shape index (κ2) is 8.88. The zero-order valence-electron chi connectivity index (χ0n) is 15.7. The van der Waals surface area contributed by atoms with E-state index in [1.54, 1.807) is 36.4 Å². The van der Waals surface area contributed by atoms with Crippen LogP contribution in [0, 0.1) is 5.82 Å². The van der Waals surface area contributed by atoms with Gasteiger partial charge in [0.1, 0.15) is 11.6 Å². The van der Waals surface area contributed by atoms with E-state index in [1.807, 2.05) is 4.90 Å². The van der Waals surface area contributed by atoms with Crippen molar-refractivity contribution in [3.63, 3.8) is 0 Å². The molecule has 0 spiro atoms. The molecule has 1 aromatic heterocycles. The third-order valence-corrected chi connectivity index (χ3v) is 5.91. The highest BCUT2D eigenvalue weighted by Gasteiger charge is 2.22. The Kier molecular flexibility index (Phi) is 6.06. The van der Waals surface area contributed by atoms with Gasteiger partial charge in [0, 0.05) is 54.7 Å². The van der Waals surface area contributed by atoms with E-state index in [4.69, 9.17) is 11.6 Å². The fourth-order valence-corrected chi connectivity index (χ4v) is 4.27. The fourth-order valence-electron chi connectivity index (χ4n) is 3.35. The molecule has 2 aromatic carbocycles. The van der Waals surface area contributed by atoms with E-state index >= 15 is 0 Å². The minimum atomic E-state index is -0.248. The van der Waals surface area contributed by atoms with Gasteiger partial charge >= 0.3 is 0 Å². The largest absolute Gasteiger partial charge is 0.345 e. The van der Waals surface area contributed by atoms with E-state index in [9.17, 15) is 9.18 Å². The van der Waals surface area contributed by atoms with Crippen LogP contribution in [0.15, 0.2) is 48.5 Å². The van der Waals surface area contributed by atoms with Crippen LogP contribution in [0.25, 0.3) is 0 Å². The summed E-state index contributed by atoms with van der Waals surface area (Å²) >= 11 is 7.39. The summed E-state index contributed by atoms with van der Waals surface area (Å²) in [6.45, 7) is 2.85. The van der Waals surface area contributed by atoms with Crippen LogP contribution in [0.2, 0.25) is 5.02 Å². The average Bonchev–Trinajstić information content (AvgIpc) is 3.04. The zero-order valence-corrected chi connectivity index (χ0v) is 17.3. The van der Waals surface area contributed by atoms with Crippen LogP contribution in [-0.4, -0.2) is 46.3 Å². The lowest BCUT2D eigenvalue weighted by molar-refractivity contribution is 0.0767. The van der Waals surface area contributed by atoms with Gasteiger partial charge in [-0.15, -0.1) is 0 Å².